The first kappa shape index (κ1) is 19.4. The lowest BCUT2D eigenvalue weighted by Gasteiger charge is -2.31. The zero-order valence-electron chi connectivity index (χ0n) is 16.0. The number of nitrogens with one attached hydrogen (secondary N) is 3. The summed E-state index contributed by atoms with van der Waals surface area (Å²) < 4.78 is 38.6. The fraction of sp³-hybridized carbons (Fsp3) is 0.650. The van der Waals surface area contributed by atoms with Crippen LogP contribution in [0.25, 0.3) is 0 Å². The van der Waals surface area contributed by atoms with Crippen LogP contribution in [0.2, 0.25) is 0 Å². The van der Waals surface area contributed by atoms with Gasteiger partial charge in [-0.05, 0) is 62.3 Å². The van der Waals surface area contributed by atoms with Gasteiger partial charge >= 0.3 is 6.18 Å². The fourth-order valence-corrected chi connectivity index (χ4v) is 5.12. The Morgan fingerprint density at radius 3 is 2.50 bits per heavy atom. The first-order valence-electron chi connectivity index (χ1n) is 9.95. The van der Waals surface area contributed by atoms with Crippen LogP contribution in [0.3, 0.4) is 0 Å². The molecule has 1 aromatic rings. The Morgan fingerprint density at radius 2 is 1.96 bits per heavy atom. The van der Waals surface area contributed by atoms with Crippen LogP contribution in [0.5, 0.6) is 0 Å². The van der Waals surface area contributed by atoms with Crippen molar-refractivity contribution in [1.82, 2.24) is 10.6 Å². The van der Waals surface area contributed by atoms with Crippen LogP contribution in [0.15, 0.2) is 12.1 Å². The van der Waals surface area contributed by atoms with Crippen molar-refractivity contribution in [2.75, 3.05) is 31.2 Å². The number of nitrogen functional groups attached to an aromatic ring is 1. The Morgan fingerprint density at radius 1 is 1.25 bits per heavy atom. The van der Waals surface area contributed by atoms with Crippen molar-refractivity contribution < 1.29 is 18.0 Å². The number of amides is 1. The van der Waals surface area contributed by atoms with Crippen LogP contribution in [0.4, 0.5) is 24.5 Å². The molecular formula is C20H27F3N4O. The number of hydrogen-bond donors (Lipinski definition) is 4. The maximum atomic E-state index is 13.1. The summed E-state index contributed by atoms with van der Waals surface area (Å²) in [6.45, 7) is 1.72. The van der Waals surface area contributed by atoms with Crippen molar-refractivity contribution in [1.29, 1.82) is 0 Å². The molecule has 4 rings (SSSR count). The highest BCUT2D eigenvalue weighted by Crippen LogP contribution is 2.59. The van der Waals surface area contributed by atoms with Gasteiger partial charge in [0.2, 0.25) is 0 Å². The quantitative estimate of drug-likeness (QED) is 0.590. The van der Waals surface area contributed by atoms with Crippen molar-refractivity contribution >= 4 is 17.3 Å². The van der Waals surface area contributed by atoms with Gasteiger partial charge in [-0.15, -0.1) is 0 Å². The van der Waals surface area contributed by atoms with Crippen LogP contribution < -0.4 is 21.7 Å². The lowest BCUT2D eigenvalue weighted by Crippen LogP contribution is -2.40. The molecule has 1 aliphatic heterocycles. The number of hydrogen-bond acceptors (Lipinski definition) is 4. The minimum atomic E-state index is -4.14. The third kappa shape index (κ3) is 3.21. The summed E-state index contributed by atoms with van der Waals surface area (Å²) in [6, 6.07) is 3.36. The molecule has 1 aromatic carbocycles. The van der Waals surface area contributed by atoms with Crippen molar-refractivity contribution in [3.05, 3.63) is 23.3 Å². The van der Waals surface area contributed by atoms with Gasteiger partial charge in [0.05, 0.1) is 17.3 Å². The van der Waals surface area contributed by atoms with E-state index in [4.69, 9.17) is 5.73 Å². The molecule has 1 heterocycles. The number of carbonyl (C=O) groups is 1. The van der Waals surface area contributed by atoms with Crippen molar-refractivity contribution in [2.24, 2.45) is 11.8 Å². The normalized spacial score (nSPS) is 31.9. The Kier molecular flexibility index (Phi) is 4.72. The summed E-state index contributed by atoms with van der Waals surface area (Å²) in [7, 11) is 1.79. The number of carbonyl (C=O) groups excluding carboxylic acids is 1. The van der Waals surface area contributed by atoms with E-state index in [0.717, 1.165) is 30.8 Å². The Balaban J connectivity index is 1.53. The lowest BCUT2D eigenvalue weighted by molar-refractivity contribution is -0.182. The molecule has 0 spiro atoms. The van der Waals surface area contributed by atoms with E-state index < -0.39 is 12.1 Å². The number of halogens is 3. The third-order valence-electron chi connectivity index (χ3n) is 6.85. The molecular weight excluding hydrogens is 369 g/mol. The van der Waals surface area contributed by atoms with Crippen molar-refractivity contribution in [3.8, 4) is 0 Å². The number of piperidine rings is 1. The average molecular weight is 396 g/mol. The van der Waals surface area contributed by atoms with Crippen LogP contribution >= 0.6 is 0 Å². The van der Waals surface area contributed by atoms with E-state index in [0.29, 0.717) is 30.0 Å². The van der Waals surface area contributed by atoms with E-state index >= 15 is 0 Å². The maximum absolute atomic E-state index is 13.1. The number of fused-ring (bicyclic) bond motifs is 1. The van der Waals surface area contributed by atoms with Gasteiger partial charge in [0.15, 0.2) is 0 Å². The standard InChI is InChI=1S/C20H27F3N4O/c1-25-15-7-6-14(16(17(15)24)19-8-12(19)9-26-10-19)18(28)27-13-4-2-11(3-5-13)20(21,22)23/h6-7,11-13,25-26H,2-5,8-10,24H2,1H3,(H,27,28)/t11-,12?,13-,19?. The first-order valence-corrected chi connectivity index (χ1v) is 9.95. The number of alkyl halides is 3. The van der Waals surface area contributed by atoms with Gasteiger partial charge in [0, 0.05) is 30.6 Å². The van der Waals surface area contributed by atoms with E-state index in [1.807, 2.05) is 0 Å². The van der Waals surface area contributed by atoms with Crippen LogP contribution in [0.1, 0.15) is 48.0 Å². The number of rotatable bonds is 4. The molecule has 0 aromatic heterocycles. The molecule has 2 atom stereocenters. The topological polar surface area (TPSA) is 79.2 Å². The molecule has 28 heavy (non-hydrogen) atoms. The summed E-state index contributed by atoms with van der Waals surface area (Å²) in [6.07, 6.45) is -2.30. The van der Waals surface area contributed by atoms with Gasteiger partial charge in [-0.2, -0.15) is 13.2 Å². The molecule has 0 bridgehead atoms. The Hall–Kier alpha value is -1.96. The SMILES string of the molecule is CNc1ccc(C(=O)N[C@H]2CC[C@H](C(F)(F)F)CC2)c(C23CNCC2C3)c1N. The summed E-state index contributed by atoms with van der Waals surface area (Å²) in [5.41, 5.74) is 9.16. The Bertz CT molecular complexity index is 773. The highest BCUT2D eigenvalue weighted by molar-refractivity contribution is 5.99. The minimum absolute atomic E-state index is 0.0675. The predicted octanol–water partition coefficient (Wildman–Crippen LogP) is 3.02. The summed E-state index contributed by atoms with van der Waals surface area (Å²) in [5.74, 6) is -1.00. The average Bonchev–Trinajstić information content (AvgIpc) is 3.21. The van der Waals surface area contributed by atoms with Crippen LogP contribution in [0, 0.1) is 11.8 Å². The van der Waals surface area contributed by atoms with Crippen molar-refractivity contribution in [2.45, 2.75) is 49.7 Å². The highest BCUT2D eigenvalue weighted by Gasteiger charge is 2.60. The van der Waals surface area contributed by atoms with E-state index in [-0.39, 0.29) is 30.2 Å². The van der Waals surface area contributed by atoms with Gasteiger partial charge in [-0.3, -0.25) is 4.79 Å². The van der Waals surface area contributed by atoms with Crippen LogP contribution in [-0.2, 0) is 5.41 Å². The summed E-state index contributed by atoms with van der Waals surface area (Å²) in [4.78, 5) is 13.1. The van der Waals surface area contributed by atoms with Gasteiger partial charge in [-0.1, -0.05) is 0 Å². The summed E-state index contributed by atoms with van der Waals surface area (Å²) in [5, 5.41) is 9.42. The van der Waals surface area contributed by atoms with E-state index in [9.17, 15) is 18.0 Å². The Labute approximate surface area is 162 Å². The third-order valence-corrected chi connectivity index (χ3v) is 6.85. The van der Waals surface area contributed by atoms with Gasteiger partial charge in [-0.25, -0.2) is 0 Å². The molecule has 3 aliphatic rings. The van der Waals surface area contributed by atoms with E-state index in [1.54, 1.807) is 19.2 Å². The molecule has 2 unspecified atom stereocenters. The summed E-state index contributed by atoms with van der Waals surface area (Å²) >= 11 is 0. The van der Waals surface area contributed by atoms with Crippen molar-refractivity contribution in [3.63, 3.8) is 0 Å². The number of nitrogens with two attached hydrogens (primary N) is 1. The fourth-order valence-electron chi connectivity index (χ4n) is 5.12. The second kappa shape index (κ2) is 6.83. The number of anilines is 2. The molecule has 0 radical (unpaired) electrons. The molecule has 5 nitrogen and oxygen atoms in total. The second-order valence-electron chi connectivity index (χ2n) is 8.45. The molecule has 8 heteroatoms. The lowest BCUT2D eigenvalue weighted by atomic mass is 9.84. The highest BCUT2D eigenvalue weighted by atomic mass is 19.4. The van der Waals surface area contributed by atoms with Gasteiger partial charge in [0.1, 0.15) is 0 Å². The molecule has 5 N–H and O–H groups in total. The predicted molar refractivity (Wildman–Crippen MR) is 102 cm³/mol. The van der Waals surface area contributed by atoms with E-state index in [2.05, 4.69) is 16.0 Å². The first-order chi connectivity index (χ1) is 13.3. The van der Waals surface area contributed by atoms with E-state index in [1.165, 1.54) is 0 Å². The number of benzene rings is 1. The molecule has 1 amide bonds. The van der Waals surface area contributed by atoms with Gasteiger partial charge < -0.3 is 21.7 Å². The largest absolute Gasteiger partial charge is 0.397 e. The monoisotopic (exact) mass is 396 g/mol. The zero-order chi connectivity index (χ0) is 20.1. The maximum Gasteiger partial charge on any atom is 0.391 e. The molecule has 1 saturated heterocycles. The minimum Gasteiger partial charge on any atom is -0.397 e. The molecule has 2 saturated carbocycles. The molecule has 154 valence electrons. The van der Waals surface area contributed by atoms with Gasteiger partial charge in [0.25, 0.3) is 5.91 Å². The van der Waals surface area contributed by atoms with Crippen LogP contribution in [-0.4, -0.2) is 38.3 Å². The zero-order valence-corrected chi connectivity index (χ0v) is 16.0. The second-order valence-corrected chi connectivity index (χ2v) is 8.45. The smallest absolute Gasteiger partial charge is 0.391 e. The molecule has 2 aliphatic carbocycles. The molecule has 3 fully saturated rings.